The van der Waals surface area contributed by atoms with Gasteiger partial charge in [-0.15, -0.1) is 10.2 Å². The van der Waals surface area contributed by atoms with Crippen LogP contribution in [0.25, 0.3) is 17.1 Å². The molecule has 6 nitrogen and oxygen atoms in total. The van der Waals surface area contributed by atoms with Gasteiger partial charge in [0.15, 0.2) is 11.0 Å². The number of piperidine rings is 1. The van der Waals surface area contributed by atoms with E-state index in [1.807, 2.05) is 29.2 Å². The number of thioether (sulfide) groups is 1. The third kappa shape index (κ3) is 5.46. The van der Waals surface area contributed by atoms with E-state index in [0.717, 1.165) is 60.1 Å². The highest BCUT2D eigenvalue weighted by molar-refractivity contribution is 7.99. The van der Waals surface area contributed by atoms with Gasteiger partial charge in [0, 0.05) is 31.0 Å². The molecule has 35 heavy (non-hydrogen) atoms. The maximum Gasteiger partial charge on any atom is 0.233 e. The van der Waals surface area contributed by atoms with Gasteiger partial charge in [-0.25, -0.2) is 0 Å². The molecule has 1 aliphatic heterocycles. The predicted molar refractivity (Wildman–Crippen MR) is 140 cm³/mol. The minimum Gasteiger partial charge on any atom is -0.342 e. The van der Waals surface area contributed by atoms with E-state index in [9.17, 15) is 4.79 Å². The zero-order chi connectivity index (χ0) is 24.0. The van der Waals surface area contributed by atoms with Gasteiger partial charge in [-0.2, -0.15) is 0 Å². The summed E-state index contributed by atoms with van der Waals surface area (Å²) >= 11 is 1.45. The number of hydrogen-bond donors (Lipinski definition) is 0. The van der Waals surface area contributed by atoms with Crippen molar-refractivity contribution in [3.63, 3.8) is 0 Å². The summed E-state index contributed by atoms with van der Waals surface area (Å²) in [6.07, 6.45) is 6.70. The van der Waals surface area contributed by atoms with E-state index in [1.54, 1.807) is 12.4 Å². The minimum absolute atomic E-state index is 0.165. The van der Waals surface area contributed by atoms with Crippen LogP contribution >= 0.6 is 11.8 Å². The van der Waals surface area contributed by atoms with Gasteiger partial charge >= 0.3 is 0 Å². The van der Waals surface area contributed by atoms with Gasteiger partial charge in [0.2, 0.25) is 5.91 Å². The molecule has 5 rings (SSSR count). The molecule has 0 spiro atoms. The molecule has 7 heteroatoms. The van der Waals surface area contributed by atoms with Crippen LogP contribution in [0.4, 0.5) is 0 Å². The third-order valence-corrected chi connectivity index (χ3v) is 7.50. The average Bonchev–Trinajstić information content (AvgIpc) is 3.33. The van der Waals surface area contributed by atoms with E-state index >= 15 is 0 Å². The second-order valence-electron chi connectivity index (χ2n) is 8.97. The van der Waals surface area contributed by atoms with Crippen LogP contribution in [0.2, 0.25) is 0 Å². The zero-order valence-electron chi connectivity index (χ0n) is 19.9. The molecule has 0 unspecified atom stereocenters. The normalized spacial score (nSPS) is 14.3. The monoisotopic (exact) mass is 483 g/mol. The van der Waals surface area contributed by atoms with Crippen LogP contribution in [0, 0.1) is 12.8 Å². The summed E-state index contributed by atoms with van der Waals surface area (Å²) in [6.45, 7) is 3.72. The van der Waals surface area contributed by atoms with Crippen molar-refractivity contribution >= 4 is 17.7 Å². The highest BCUT2D eigenvalue weighted by Gasteiger charge is 2.24. The Bertz CT molecular complexity index is 1270. The lowest BCUT2D eigenvalue weighted by Gasteiger charge is -2.32. The summed E-state index contributed by atoms with van der Waals surface area (Å²) in [5.74, 6) is 1.90. The van der Waals surface area contributed by atoms with Crippen molar-refractivity contribution in [3.8, 4) is 17.1 Å². The maximum absolute atomic E-state index is 13.1. The first-order valence-electron chi connectivity index (χ1n) is 12.1. The lowest BCUT2D eigenvalue weighted by Crippen LogP contribution is -2.39. The van der Waals surface area contributed by atoms with Crippen molar-refractivity contribution in [1.82, 2.24) is 24.6 Å². The summed E-state index contributed by atoms with van der Waals surface area (Å²) < 4.78 is 2.05. The van der Waals surface area contributed by atoms with Crippen molar-refractivity contribution in [2.45, 2.75) is 31.3 Å². The second kappa shape index (κ2) is 10.9. The largest absolute Gasteiger partial charge is 0.342 e. The van der Waals surface area contributed by atoms with E-state index in [1.165, 1.54) is 17.3 Å². The Morgan fingerprint density at radius 1 is 0.943 bits per heavy atom. The molecular formula is C28H29N5OS. The number of para-hydroxylation sites is 1. The Kier molecular flexibility index (Phi) is 7.23. The van der Waals surface area contributed by atoms with E-state index in [2.05, 4.69) is 69.1 Å². The topological polar surface area (TPSA) is 63.9 Å². The summed E-state index contributed by atoms with van der Waals surface area (Å²) in [6, 6.07) is 22.7. The number of carbonyl (C=O) groups excluding carboxylic acids is 1. The van der Waals surface area contributed by atoms with Gasteiger partial charge in [0.1, 0.15) is 0 Å². The summed E-state index contributed by atoms with van der Waals surface area (Å²) in [5.41, 5.74) is 4.46. The fourth-order valence-electron chi connectivity index (χ4n) is 4.63. The van der Waals surface area contributed by atoms with Crippen LogP contribution < -0.4 is 0 Å². The molecule has 2 aromatic carbocycles. The smallest absolute Gasteiger partial charge is 0.233 e. The molecule has 0 bridgehead atoms. The molecule has 0 N–H and O–H groups in total. The Labute approximate surface area is 210 Å². The first-order chi connectivity index (χ1) is 17.2. The Morgan fingerprint density at radius 3 is 2.40 bits per heavy atom. The van der Waals surface area contributed by atoms with Gasteiger partial charge in [-0.1, -0.05) is 60.3 Å². The van der Waals surface area contributed by atoms with Crippen molar-refractivity contribution in [1.29, 1.82) is 0 Å². The molecule has 1 amide bonds. The lowest BCUT2D eigenvalue weighted by molar-refractivity contribution is -0.129. The molecular weight excluding hydrogens is 454 g/mol. The quantitative estimate of drug-likeness (QED) is 0.338. The van der Waals surface area contributed by atoms with Gasteiger partial charge < -0.3 is 4.90 Å². The number of amides is 1. The first-order valence-corrected chi connectivity index (χ1v) is 13.0. The highest BCUT2D eigenvalue weighted by Crippen LogP contribution is 2.30. The number of aryl methyl sites for hydroxylation is 1. The molecule has 0 saturated carbocycles. The van der Waals surface area contributed by atoms with Crippen LogP contribution in [0.5, 0.6) is 0 Å². The molecule has 178 valence electrons. The molecule has 0 atom stereocenters. The summed E-state index contributed by atoms with van der Waals surface area (Å²) in [7, 11) is 0. The molecule has 0 aliphatic carbocycles. The number of rotatable bonds is 7. The Balaban J connectivity index is 1.26. The predicted octanol–water partition coefficient (Wildman–Crippen LogP) is 5.21. The summed E-state index contributed by atoms with van der Waals surface area (Å²) in [5, 5.41) is 9.68. The lowest BCUT2D eigenvalue weighted by atomic mass is 9.90. The maximum atomic E-state index is 13.1. The fourth-order valence-corrected chi connectivity index (χ4v) is 5.48. The van der Waals surface area contributed by atoms with Crippen molar-refractivity contribution < 1.29 is 4.79 Å². The minimum atomic E-state index is 0.165. The van der Waals surface area contributed by atoms with Crippen LogP contribution in [0.15, 0.2) is 84.3 Å². The third-order valence-electron chi connectivity index (χ3n) is 6.59. The fraction of sp³-hybridized carbons (Fsp3) is 0.286. The van der Waals surface area contributed by atoms with E-state index in [4.69, 9.17) is 0 Å². The van der Waals surface area contributed by atoms with Crippen LogP contribution in [0.1, 0.15) is 24.0 Å². The van der Waals surface area contributed by atoms with Crippen LogP contribution in [0.3, 0.4) is 0 Å². The van der Waals surface area contributed by atoms with Crippen molar-refractivity contribution in [3.05, 3.63) is 90.3 Å². The Morgan fingerprint density at radius 2 is 1.66 bits per heavy atom. The number of pyridine rings is 1. The van der Waals surface area contributed by atoms with Gasteiger partial charge in [0.05, 0.1) is 11.4 Å². The first kappa shape index (κ1) is 23.3. The van der Waals surface area contributed by atoms with Crippen LogP contribution in [-0.2, 0) is 11.2 Å². The molecule has 4 aromatic rings. The van der Waals surface area contributed by atoms with E-state index in [0.29, 0.717) is 11.7 Å². The van der Waals surface area contributed by atoms with Gasteiger partial charge in [-0.3, -0.25) is 14.3 Å². The molecule has 0 radical (unpaired) electrons. The molecule has 3 heterocycles. The number of hydrogen-bond acceptors (Lipinski definition) is 5. The van der Waals surface area contributed by atoms with Gasteiger partial charge in [0.25, 0.3) is 0 Å². The molecule has 2 aromatic heterocycles. The van der Waals surface area contributed by atoms with Crippen LogP contribution in [-0.4, -0.2) is 49.4 Å². The second-order valence-corrected chi connectivity index (χ2v) is 9.91. The summed E-state index contributed by atoms with van der Waals surface area (Å²) in [4.78, 5) is 19.2. The number of aromatic nitrogens is 4. The zero-order valence-corrected chi connectivity index (χ0v) is 20.7. The number of nitrogens with zero attached hydrogens (tertiary/aromatic N) is 5. The average molecular weight is 484 g/mol. The van der Waals surface area contributed by atoms with E-state index < -0.39 is 0 Å². The highest BCUT2D eigenvalue weighted by atomic mass is 32.2. The standard InChI is InChI=1S/C28H29N5OS/c1-21-7-5-6-10-25(21)33-27(24-11-15-29-16-12-24)30-31-28(33)35-20-26(34)32-17-13-23(14-18-32)19-22-8-3-2-4-9-22/h2-12,15-16,23H,13-14,17-20H2,1H3. The van der Waals surface area contributed by atoms with Gasteiger partial charge in [-0.05, 0) is 61.4 Å². The number of likely N-dealkylation sites (tertiary alicyclic amines) is 1. The SMILES string of the molecule is Cc1ccccc1-n1c(SCC(=O)N2CCC(Cc3ccccc3)CC2)nnc1-c1ccncc1. The van der Waals surface area contributed by atoms with Crippen molar-refractivity contribution in [2.24, 2.45) is 5.92 Å². The number of carbonyl (C=O) groups is 1. The number of benzene rings is 2. The van der Waals surface area contributed by atoms with E-state index in [-0.39, 0.29) is 5.91 Å². The molecule has 1 aliphatic rings. The molecule has 1 saturated heterocycles. The Hall–Kier alpha value is -3.45. The van der Waals surface area contributed by atoms with Crippen molar-refractivity contribution in [2.75, 3.05) is 18.8 Å². The molecule has 1 fully saturated rings.